The summed E-state index contributed by atoms with van der Waals surface area (Å²) in [5, 5.41) is 19.3. The smallest absolute Gasteiger partial charge is 0.0721 e. The van der Waals surface area contributed by atoms with E-state index in [1.807, 2.05) is 6.08 Å². The van der Waals surface area contributed by atoms with Crippen LogP contribution < -0.4 is 0 Å². The molecule has 2 heteroatoms. The van der Waals surface area contributed by atoms with Gasteiger partial charge in [0.05, 0.1) is 12.2 Å². The second-order valence-electron chi connectivity index (χ2n) is 5.12. The van der Waals surface area contributed by atoms with Gasteiger partial charge in [-0.3, -0.25) is 0 Å². The SMILES string of the molecule is CCCCCC(O)/C=C/C1CCC(O)C1C. The second-order valence-corrected chi connectivity index (χ2v) is 5.12. The first-order chi connectivity index (χ1) is 7.65. The Morgan fingerprint density at radius 2 is 2.06 bits per heavy atom. The number of unbranched alkanes of at least 4 members (excludes halogenated alkanes) is 2. The minimum atomic E-state index is -0.295. The highest BCUT2D eigenvalue weighted by molar-refractivity contribution is 4.99. The van der Waals surface area contributed by atoms with Crippen molar-refractivity contribution in [3.05, 3.63) is 12.2 Å². The van der Waals surface area contributed by atoms with Gasteiger partial charge in [0.25, 0.3) is 0 Å². The minimum absolute atomic E-state index is 0.146. The number of hydrogen-bond donors (Lipinski definition) is 2. The summed E-state index contributed by atoms with van der Waals surface area (Å²) < 4.78 is 0. The van der Waals surface area contributed by atoms with Crippen molar-refractivity contribution in [1.82, 2.24) is 0 Å². The molecule has 0 spiro atoms. The molecule has 4 unspecified atom stereocenters. The molecule has 16 heavy (non-hydrogen) atoms. The molecule has 94 valence electrons. The Morgan fingerprint density at radius 1 is 1.31 bits per heavy atom. The monoisotopic (exact) mass is 226 g/mol. The fraction of sp³-hybridized carbons (Fsp3) is 0.857. The highest BCUT2D eigenvalue weighted by atomic mass is 16.3. The first-order valence-electron chi connectivity index (χ1n) is 6.69. The summed E-state index contributed by atoms with van der Waals surface area (Å²) in [4.78, 5) is 0. The van der Waals surface area contributed by atoms with E-state index in [4.69, 9.17) is 0 Å². The molecule has 2 N–H and O–H groups in total. The molecule has 0 aliphatic heterocycles. The largest absolute Gasteiger partial charge is 0.393 e. The zero-order chi connectivity index (χ0) is 12.0. The third-order valence-electron chi connectivity index (χ3n) is 3.76. The Labute approximate surface area is 99.4 Å². The molecule has 0 bridgehead atoms. The molecule has 1 aliphatic carbocycles. The standard InChI is InChI=1S/C14H26O2/c1-3-4-5-6-13(15)9-7-12-8-10-14(16)11(12)2/h7,9,11-16H,3-6,8,10H2,1-2H3/b9-7+. The molecular weight excluding hydrogens is 200 g/mol. The van der Waals surface area contributed by atoms with Gasteiger partial charge in [-0.1, -0.05) is 45.3 Å². The molecule has 4 atom stereocenters. The lowest BCUT2D eigenvalue weighted by Gasteiger charge is -2.14. The van der Waals surface area contributed by atoms with Crippen LogP contribution in [0.4, 0.5) is 0 Å². The molecule has 0 radical (unpaired) electrons. The zero-order valence-corrected chi connectivity index (χ0v) is 10.6. The summed E-state index contributed by atoms with van der Waals surface area (Å²) in [5.41, 5.74) is 0. The van der Waals surface area contributed by atoms with E-state index in [1.165, 1.54) is 12.8 Å². The van der Waals surface area contributed by atoms with Crippen LogP contribution in [-0.2, 0) is 0 Å². The maximum absolute atomic E-state index is 9.74. The van der Waals surface area contributed by atoms with Crippen LogP contribution in [0.2, 0.25) is 0 Å². The first kappa shape index (κ1) is 13.7. The van der Waals surface area contributed by atoms with Crippen molar-refractivity contribution in [2.45, 2.75) is 64.6 Å². The molecule has 1 aliphatic rings. The predicted octanol–water partition coefficient (Wildman–Crippen LogP) is 2.89. The summed E-state index contributed by atoms with van der Waals surface area (Å²) in [6.07, 6.45) is 9.92. The third kappa shape index (κ3) is 4.26. The van der Waals surface area contributed by atoms with Gasteiger partial charge in [0.15, 0.2) is 0 Å². The van der Waals surface area contributed by atoms with Crippen molar-refractivity contribution in [2.75, 3.05) is 0 Å². The van der Waals surface area contributed by atoms with Crippen LogP contribution in [0.25, 0.3) is 0 Å². The molecule has 1 fully saturated rings. The van der Waals surface area contributed by atoms with Crippen molar-refractivity contribution in [1.29, 1.82) is 0 Å². The van der Waals surface area contributed by atoms with E-state index in [1.54, 1.807) is 0 Å². The van der Waals surface area contributed by atoms with Gasteiger partial charge in [0.2, 0.25) is 0 Å². The van der Waals surface area contributed by atoms with Gasteiger partial charge in [-0.05, 0) is 31.1 Å². The van der Waals surface area contributed by atoms with Crippen LogP contribution in [0.15, 0.2) is 12.2 Å². The highest BCUT2D eigenvalue weighted by Gasteiger charge is 2.29. The Morgan fingerprint density at radius 3 is 2.62 bits per heavy atom. The van der Waals surface area contributed by atoms with Crippen LogP contribution in [0.5, 0.6) is 0 Å². The van der Waals surface area contributed by atoms with Gasteiger partial charge >= 0.3 is 0 Å². The van der Waals surface area contributed by atoms with E-state index in [9.17, 15) is 10.2 Å². The topological polar surface area (TPSA) is 40.5 Å². The lowest BCUT2D eigenvalue weighted by Crippen LogP contribution is -2.14. The van der Waals surface area contributed by atoms with Gasteiger partial charge in [0, 0.05) is 0 Å². The molecule has 0 heterocycles. The van der Waals surface area contributed by atoms with Gasteiger partial charge in [-0.15, -0.1) is 0 Å². The lowest BCUT2D eigenvalue weighted by molar-refractivity contribution is 0.133. The lowest BCUT2D eigenvalue weighted by atomic mass is 9.95. The second kappa shape index (κ2) is 7.08. The van der Waals surface area contributed by atoms with Crippen LogP contribution in [0.1, 0.15) is 52.4 Å². The zero-order valence-electron chi connectivity index (χ0n) is 10.6. The maximum atomic E-state index is 9.74. The molecule has 0 aromatic rings. The number of aliphatic hydroxyl groups excluding tert-OH is 2. The van der Waals surface area contributed by atoms with E-state index >= 15 is 0 Å². The average Bonchev–Trinajstić information content (AvgIpc) is 2.58. The van der Waals surface area contributed by atoms with Crippen molar-refractivity contribution in [2.24, 2.45) is 11.8 Å². The quantitative estimate of drug-likeness (QED) is 0.540. The molecule has 2 nitrogen and oxygen atoms in total. The predicted molar refractivity (Wildman–Crippen MR) is 67.2 cm³/mol. The molecule has 0 aromatic carbocycles. The van der Waals surface area contributed by atoms with Crippen molar-refractivity contribution >= 4 is 0 Å². The van der Waals surface area contributed by atoms with E-state index in [0.717, 1.165) is 25.7 Å². The normalized spacial score (nSPS) is 32.4. The average molecular weight is 226 g/mol. The van der Waals surface area contributed by atoms with Crippen LogP contribution >= 0.6 is 0 Å². The van der Waals surface area contributed by atoms with Crippen molar-refractivity contribution in [3.8, 4) is 0 Å². The number of hydrogen-bond acceptors (Lipinski definition) is 2. The number of rotatable bonds is 6. The summed E-state index contributed by atoms with van der Waals surface area (Å²) in [6.45, 7) is 4.26. The fourth-order valence-electron chi connectivity index (χ4n) is 2.42. The maximum Gasteiger partial charge on any atom is 0.0721 e. The molecule has 0 amide bonds. The minimum Gasteiger partial charge on any atom is -0.393 e. The fourth-order valence-corrected chi connectivity index (χ4v) is 2.42. The molecular formula is C14H26O2. The van der Waals surface area contributed by atoms with Crippen molar-refractivity contribution in [3.63, 3.8) is 0 Å². The summed E-state index contributed by atoms with van der Waals surface area (Å²) >= 11 is 0. The van der Waals surface area contributed by atoms with Crippen LogP contribution in [0, 0.1) is 11.8 Å². The Balaban J connectivity index is 2.24. The Hall–Kier alpha value is -0.340. The Kier molecular flexibility index (Phi) is 6.07. The first-order valence-corrected chi connectivity index (χ1v) is 6.69. The van der Waals surface area contributed by atoms with E-state index in [0.29, 0.717) is 11.8 Å². The third-order valence-corrected chi connectivity index (χ3v) is 3.76. The molecule has 0 saturated heterocycles. The van der Waals surface area contributed by atoms with Gasteiger partial charge in [0.1, 0.15) is 0 Å². The van der Waals surface area contributed by atoms with E-state index in [2.05, 4.69) is 19.9 Å². The molecule has 1 saturated carbocycles. The van der Waals surface area contributed by atoms with Gasteiger partial charge < -0.3 is 10.2 Å². The van der Waals surface area contributed by atoms with Crippen LogP contribution in [-0.4, -0.2) is 22.4 Å². The molecule has 0 aromatic heterocycles. The molecule has 1 rings (SSSR count). The number of aliphatic hydroxyl groups is 2. The van der Waals surface area contributed by atoms with Gasteiger partial charge in [-0.2, -0.15) is 0 Å². The van der Waals surface area contributed by atoms with Gasteiger partial charge in [-0.25, -0.2) is 0 Å². The summed E-state index contributed by atoms with van der Waals surface area (Å²) in [7, 11) is 0. The van der Waals surface area contributed by atoms with E-state index < -0.39 is 0 Å². The van der Waals surface area contributed by atoms with Crippen molar-refractivity contribution < 1.29 is 10.2 Å². The summed E-state index contributed by atoms with van der Waals surface area (Å²) in [6, 6.07) is 0. The van der Waals surface area contributed by atoms with E-state index in [-0.39, 0.29) is 12.2 Å². The summed E-state index contributed by atoms with van der Waals surface area (Å²) in [5.74, 6) is 0.801. The number of allylic oxidation sites excluding steroid dienone is 1. The van der Waals surface area contributed by atoms with Crippen LogP contribution in [0.3, 0.4) is 0 Å². The highest BCUT2D eigenvalue weighted by Crippen LogP contribution is 2.32. The Bertz CT molecular complexity index is 213.